The molecule has 6 heteroatoms. The largest absolute Gasteiger partial charge is 0.320 e. The number of carbonyl (C=O) groups excluding carboxylic acids is 2. The first-order valence-corrected chi connectivity index (χ1v) is 8.74. The lowest BCUT2D eigenvalue weighted by Gasteiger charge is -2.07. The van der Waals surface area contributed by atoms with E-state index >= 15 is 0 Å². The second-order valence-corrected chi connectivity index (χ2v) is 7.05. The lowest BCUT2D eigenvalue weighted by molar-refractivity contribution is -0.117. The molecule has 0 spiro atoms. The molecule has 0 bridgehead atoms. The van der Waals surface area contributed by atoms with Crippen LogP contribution in [0.3, 0.4) is 0 Å². The van der Waals surface area contributed by atoms with Crippen LogP contribution in [0.25, 0.3) is 0 Å². The van der Waals surface area contributed by atoms with Gasteiger partial charge in [-0.2, -0.15) is 0 Å². The van der Waals surface area contributed by atoms with Gasteiger partial charge in [0.05, 0.1) is 16.8 Å². The Balaban J connectivity index is 1.40. The molecule has 0 aromatic carbocycles. The van der Waals surface area contributed by atoms with Crippen molar-refractivity contribution in [2.24, 2.45) is 5.92 Å². The Morgan fingerprint density at radius 1 is 1.09 bits per heavy atom. The van der Waals surface area contributed by atoms with Crippen LogP contribution in [0.5, 0.6) is 0 Å². The molecule has 2 aliphatic rings. The molecule has 2 N–H and O–H groups in total. The molecule has 0 aliphatic heterocycles. The van der Waals surface area contributed by atoms with Crippen LogP contribution in [-0.4, -0.2) is 16.8 Å². The highest BCUT2D eigenvalue weighted by Gasteiger charge is 2.30. The van der Waals surface area contributed by atoms with Gasteiger partial charge >= 0.3 is 0 Å². The maximum absolute atomic E-state index is 12.4. The van der Waals surface area contributed by atoms with Gasteiger partial charge in [0.15, 0.2) is 0 Å². The smallest absolute Gasteiger partial charge is 0.266 e. The zero-order chi connectivity index (χ0) is 15.8. The number of rotatable bonds is 5. The van der Waals surface area contributed by atoms with Crippen molar-refractivity contribution in [2.45, 2.75) is 31.6 Å². The van der Waals surface area contributed by atoms with Crippen molar-refractivity contribution >= 4 is 34.7 Å². The van der Waals surface area contributed by atoms with Gasteiger partial charge in [-0.05, 0) is 60.7 Å². The van der Waals surface area contributed by atoms with Crippen LogP contribution >= 0.6 is 11.3 Å². The highest BCUT2D eigenvalue weighted by molar-refractivity contribution is 7.12. The molecule has 2 aromatic rings. The Kier molecular flexibility index (Phi) is 3.61. The second-order valence-electron chi connectivity index (χ2n) is 6.13. The van der Waals surface area contributed by atoms with Crippen molar-refractivity contribution in [3.63, 3.8) is 0 Å². The zero-order valence-corrected chi connectivity index (χ0v) is 13.4. The summed E-state index contributed by atoms with van der Waals surface area (Å²) >= 11 is 1.48. The van der Waals surface area contributed by atoms with E-state index in [2.05, 4.69) is 15.6 Å². The average molecular weight is 327 g/mol. The number of aromatic nitrogens is 1. The van der Waals surface area contributed by atoms with Crippen LogP contribution < -0.4 is 10.6 Å². The lowest BCUT2D eigenvalue weighted by atomic mass is 10.1. The van der Waals surface area contributed by atoms with E-state index in [4.69, 9.17) is 0 Å². The Morgan fingerprint density at radius 2 is 1.91 bits per heavy atom. The molecule has 2 amide bonds. The van der Waals surface area contributed by atoms with E-state index < -0.39 is 0 Å². The van der Waals surface area contributed by atoms with E-state index in [1.807, 2.05) is 11.4 Å². The molecule has 2 aromatic heterocycles. The number of nitrogens with zero attached hydrogens (tertiary/aromatic N) is 1. The predicted molar refractivity (Wildman–Crippen MR) is 89.8 cm³/mol. The van der Waals surface area contributed by atoms with Crippen LogP contribution in [0.1, 0.15) is 46.8 Å². The highest BCUT2D eigenvalue weighted by atomic mass is 32.1. The van der Waals surface area contributed by atoms with Gasteiger partial charge in [0.2, 0.25) is 5.91 Å². The van der Waals surface area contributed by atoms with Crippen molar-refractivity contribution in [1.82, 2.24) is 4.98 Å². The fourth-order valence-corrected chi connectivity index (χ4v) is 3.40. The van der Waals surface area contributed by atoms with Crippen LogP contribution in [0.2, 0.25) is 0 Å². The number of hydrogen-bond acceptors (Lipinski definition) is 4. The Morgan fingerprint density at radius 3 is 2.57 bits per heavy atom. The number of carbonyl (C=O) groups is 2. The Bertz CT molecular complexity index is 745. The van der Waals surface area contributed by atoms with Gasteiger partial charge < -0.3 is 10.6 Å². The van der Waals surface area contributed by atoms with Gasteiger partial charge in [0.25, 0.3) is 5.91 Å². The number of amides is 2. The van der Waals surface area contributed by atoms with Crippen molar-refractivity contribution in [3.05, 3.63) is 40.2 Å². The lowest BCUT2D eigenvalue weighted by Crippen LogP contribution is -2.15. The van der Waals surface area contributed by atoms with Gasteiger partial charge in [-0.25, -0.2) is 4.98 Å². The van der Waals surface area contributed by atoms with Crippen LogP contribution in [-0.2, 0) is 4.79 Å². The summed E-state index contributed by atoms with van der Waals surface area (Å²) in [5.41, 5.74) is 1.79. The summed E-state index contributed by atoms with van der Waals surface area (Å²) in [6.45, 7) is 0. The third-order valence-corrected chi connectivity index (χ3v) is 5.07. The fourth-order valence-electron chi connectivity index (χ4n) is 2.52. The summed E-state index contributed by atoms with van der Waals surface area (Å²) in [6.07, 6.45) is 5.85. The van der Waals surface area contributed by atoms with Crippen molar-refractivity contribution in [1.29, 1.82) is 0 Å². The van der Waals surface area contributed by atoms with E-state index in [1.54, 1.807) is 18.3 Å². The minimum absolute atomic E-state index is 0.0296. The summed E-state index contributed by atoms with van der Waals surface area (Å²) < 4.78 is 0. The maximum atomic E-state index is 12.4. The summed E-state index contributed by atoms with van der Waals surface area (Å²) in [4.78, 5) is 29.1. The third-order valence-electron chi connectivity index (χ3n) is 4.14. The maximum Gasteiger partial charge on any atom is 0.266 e. The molecular weight excluding hydrogens is 310 g/mol. The van der Waals surface area contributed by atoms with E-state index in [9.17, 15) is 9.59 Å². The molecule has 5 nitrogen and oxygen atoms in total. The van der Waals surface area contributed by atoms with Gasteiger partial charge in [0.1, 0.15) is 5.82 Å². The second kappa shape index (κ2) is 5.77. The molecule has 23 heavy (non-hydrogen) atoms. The minimum atomic E-state index is -0.0848. The van der Waals surface area contributed by atoms with Crippen LogP contribution in [0.15, 0.2) is 29.8 Å². The van der Waals surface area contributed by atoms with Gasteiger partial charge in [-0.1, -0.05) is 0 Å². The summed E-state index contributed by atoms with van der Waals surface area (Å²) in [6, 6.07) is 5.52. The van der Waals surface area contributed by atoms with Crippen LogP contribution in [0, 0.1) is 5.92 Å². The summed E-state index contributed by atoms with van der Waals surface area (Å²) in [5.74, 6) is 1.17. The summed E-state index contributed by atoms with van der Waals surface area (Å²) in [7, 11) is 0. The Labute approximate surface area is 138 Å². The molecule has 2 saturated carbocycles. The van der Waals surface area contributed by atoms with Crippen molar-refractivity contribution in [3.8, 4) is 0 Å². The van der Waals surface area contributed by atoms with Crippen molar-refractivity contribution < 1.29 is 9.59 Å². The fraction of sp³-hybridized carbons (Fsp3) is 0.353. The molecule has 118 valence electrons. The predicted octanol–water partition coefficient (Wildman–Crippen LogP) is 3.62. The normalized spacial score (nSPS) is 16.9. The first kappa shape index (κ1) is 14.4. The average Bonchev–Trinajstić information content (AvgIpc) is 3.47. The van der Waals surface area contributed by atoms with E-state index in [1.165, 1.54) is 24.2 Å². The Hall–Kier alpha value is -2.21. The standard InChI is InChI=1S/C17H17N3O2S/c21-16(11-3-4-11)20-14-6-5-12(9-18-14)19-17(22)15-13(7-8-23-15)10-1-2-10/h5-11H,1-4H2,(H,19,22)(H,18,20,21). The first-order chi connectivity index (χ1) is 11.2. The number of thiophene rings is 1. The zero-order valence-electron chi connectivity index (χ0n) is 12.5. The SMILES string of the molecule is O=C(Nc1ccc(NC(=O)C2CC2)nc1)c1sccc1C1CC1. The minimum Gasteiger partial charge on any atom is -0.320 e. The topological polar surface area (TPSA) is 71.1 Å². The van der Waals surface area contributed by atoms with E-state index in [0.29, 0.717) is 17.4 Å². The van der Waals surface area contributed by atoms with Gasteiger partial charge in [0, 0.05) is 5.92 Å². The number of anilines is 2. The van der Waals surface area contributed by atoms with Gasteiger partial charge in [-0.15, -0.1) is 11.3 Å². The summed E-state index contributed by atoms with van der Waals surface area (Å²) in [5, 5.41) is 7.63. The quantitative estimate of drug-likeness (QED) is 0.881. The van der Waals surface area contributed by atoms with E-state index in [0.717, 1.165) is 23.3 Å². The number of pyridine rings is 1. The molecule has 4 rings (SSSR count). The molecule has 2 aliphatic carbocycles. The highest BCUT2D eigenvalue weighted by Crippen LogP contribution is 2.43. The van der Waals surface area contributed by atoms with Crippen LogP contribution in [0.4, 0.5) is 11.5 Å². The molecule has 2 heterocycles. The molecule has 0 radical (unpaired) electrons. The first-order valence-electron chi connectivity index (χ1n) is 7.86. The van der Waals surface area contributed by atoms with Crippen molar-refractivity contribution in [2.75, 3.05) is 10.6 Å². The van der Waals surface area contributed by atoms with E-state index in [-0.39, 0.29) is 17.7 Å². The van der Waals surface area contributed by atoms with Gasteiger partial charge in [-0.3, -0.25) is 9.59 Å². The molecule has 2 fully saturated rings. The third kappa shape index (κ3) is 3.27. The monoisotopic (exact) mass is 327 g/mol. The molecule has 0 saturated heterocycles. The number of hydrogen-bond donors (Lipinski definition) is 2. The molecular formula is C17H17N3O2S. The molecule has 0 atom stereocenters. The molecule has 0 unspecified atom stereocenters. The number of nitrogens with one attached hydrogen (secondary N) is 2.